The average Bonchev–Trinajstić information content (AvgIpc) is 2.58. The maximum atomic E-state index is 11.3. The lowest BCUT2D eigenvalue weighted by atomic mass is 10.3. The van der Waals surface area contributed by atoms with Crippen LogP contribution in [0.3, 0.4) is 0 Å². The van der Waals surface area contributed by atoms with Crippen molar-refractivity contribution in [2.24, 2.45) is 5.10 Å². The molecule has 0 aliphatic carbocycles. The van der Waals surface area contributed by atoms with E-state index in [9.17, 15) is 4.79 Å². The predicted octanol–water partition coefficient (Wildman–Crippen LogP) is 1.28. The Morgan fingerprint density at radius 1 is 1.53 bits per heavy atom. The van der Waals surface area contributed by atoms with Crippen LogP contribution in [0.4, 0.5) is 0 Å². The number of pyridine rings is 1. The van der Waals surface area contributed by atoms with Crippen molar-refractivity contribution in [2.75, 3.05) is 5.75 Å². The second-order valence-corrected chi connectivity index (χ2v) is 4.39. The van der Waals surface area contributed by atoms with Crippen LogP contribution in [-0.4, -0.2) is 32.2 Å². The van der Waals surface area contributed by atoms with Gasteiger partial charge in [0.15, 0.2) is 4.32 Å². The zero-order valence-electron chi connectivity index (χ0n) is 7.66. The molecule has 0 aromatic carbocycles. The highest BCUT2D eigenvalue weighted by Gasteiger charge is 2.25. The normalized spacial score (nSPS) is 16.7. The van der Waals surface area contributed by atoms with E-state index < -0.39 is 0 Å². The Balaban J connectivity index is 2.12. The third-order valence-electron chi connectivity index (χ3n) is 1.76. The molecule has 6 heteroatoms. The van der Waals surface area contributed by atoms with Gasteiger partial charge in [0, 0.05) is 12.4 Å². The van der Waals surface area contributed by atoms with Crippen LogP contribution in [0.2, 0.25) is 0 Å². The fourth-order valence-electron chi connectivity index (χ4n) is 1.03. The van der Waals surface area contributed by atoms with Gasteiger partial charge in [0.25, 0.3) is 5.91 Å². The number of hydrogen-bond donors (Lipinski definition) is 0. The van der Waals surface area contributed by atoms with Crippen LogP contribution in [-0.2, 0) is 4.79 Å². The molecule has 1 aromatic rings. The molecule has 1 fully saturated rings. The zero-order valence-corrected chi connectivity index (χ0v) is 9.29. The summed E-state index contributed by atoms with van der Waals surface area (Å²) in [5.41, 5.74) is 0.887. The Morgan fingerprint density at radius 3 is 2.87 bits per heavy atom. The molecule has 1 aromatic heterocycles. The van der Waals surface area contributed by atoms with Crippen LogP contribution in [0.15, 0.2) is 29.6 Å². The second kappa shape index (κ2) is 4.50. The number of thiocarbonyl (C=S) groups is 1. The molecule has 0 spiro atoms. The van der Waals surface area contributed by atoms with Gasteiger partial charge in [-0.05, 0) is 17.7 Å². The molecule has 0 atom stereocenters. The maximum absolute atomic E-state index is 11.3. The van der Waals surface area contributed by atoms with Crippen LogP contribution < -0.4 is 0 Å². The minimum Gasteiger partial charge on any atom is -0.272 e. The van der Waals surface area contributed by atoms with Gasteiger partial charge in [-0.25, -0.2) is 0 Å². The summed E-state index contributed by atoms with van der Waals surface area (Å²) in [6, 6.07) is 3.61. The highest BCUT2D eigenvalue weighted by atomic mass is 32.2. The summed E-state index contributed by atoms with van der Waals surface area (Å²) in [6.45, 7) is 0. The zero-order chi connectivity index (χ0) is 10.7. The molecule has 2 heterocycles. The van der Waals surface area contributed by atoms with Gasteiger partial charge in [0.05, 0.1) is 12.0 Å². The van der Waals surface area contributed by atoms with E-state index in [0.717, 1.165) is 5.56 Å². The first-order valence-electron chi connectivity index (χ1n) is 4.21. The summed E-state index contributed by atoms with van der Waals surface area (Å²) >= 11 is 6.31. The summed E-state index contributed by atoms with van der Waals surface area (Å²) < 4.78 is 0.505. The van der Waals surface area contributed by atoms with Gasteiger partial charge in [0.2, 0.25) is 0 Å². The third kappa shape index (κ3) is 2.40. The fourth-order valence-corrected chi connectivity index (χ4v) is 2.00. The molecule has 0 N–H and O–H groups in total. The highest BCUT2D eigenvalue weighted by molar-refractivity contribution is 8.23. The van der Waals surface area contributed by atoms with Crippen molar-refractivity contribution < 1.29 is 4.79 Å². The molecule has 15 heavy (non-hydrogen) atoms. The molecule has 0 unspecified atom stereocenters. The van der Waals surface area contributed by atoms with Crippen molar-refractivity contribution in [1.82, 2.24) is 9.99 Å². The molecular weight excluding hydrogens is 230 g/mol. The van der Waals surface area contributed by atoms with Crippen LogP contribution in [0.25, 0.3) is 0 Å². The Labute approximate surface area is 96.4 Å². The number of amides is 1. The predicted molar refractivity (Wildman–Crippen MR) is 63.7 cm³/mol. The Morgan fingerprint density at radius 2 is 2.27 bits per heavy atom. The Bertz CT molecular complexity index is 403. The van der Waals surface area contributed by atoms with Crippen molar-refractivity contribution in [1.29, 1.82) is 0 Å². The molecule has 1 aliphatic rings. The summed E-state index contributed by atoms with van der Waals surface area (Å²) in [7, 11) is 0. The van der Waals surface area contributed by atoms with Crippen molar-refractivity contribution in [3.63, 3.8) is 0 Å². The first-order valence-corrected chi connectivity index (χ1v) is 5.60. The van der Waals surface area contributed by atoms with E-state index in [1.165, 1.54) is 16.8 Å². The average molecular weight is 237 g/mol. The van der Waals surface area contributed by atoms with Crippen LogP contribution in [0.5, 0.6) is 0 Å². The molecule has 0 radical (unpaired) electrons. The Kier molecular flexibility index (Phi) is 3.08. The number of thioether (sulfide) groups is 1. The monoisotopic (exact) mass is 237 g/mol. The molecule has 4 nitrogen and oxygen atoms in total. The molecule has 2 rings (SSSR count). The quantitative estimate of drug-likeness (QED) is 0.574. The molecule has 0 bridgehead atoms. The molecule has 0 saturated carbocycles. The largest absolute Gasteiger partial charge is 0.272 e. The van der Waals surface area contributed by atoms with Crippen LogP contribution in [0.1, 0.15) is 5.56 Å². The second-order valence-electron chi connectivity index (χ2n) is 2.79. The SMILES string of the molecule is O=C1CSC(=S)N1N=Cc1ccncc1. The van der Waals surface area contributed by atoms with Gasteiger partial charge in [-0.1, -0.05) is 24.0 Å². The van der Waals surface area contributed by atoms with E-state index in [1.807, 2.05) is 0 Å². The smallest absolute Gasteiger partial charge is 0.259 e. The number of nitrogens with zero attached hydrogens (tertiary/aromatic N) is 3. The Hall–Kier alpha value is -1.27. The van der Waals surface area contributed by atoms with Crippen LogP contribution in [0, 0.1) is 0 Å². The van der Waals surface area contributed by atoms with Gasteiger partial charge in [-0.15, -0.1) is 0 Å². The van der Waals surface area contributed by atoms with Gasteiger partial charge < -0.3 is 0 Å². The van der Waals surface area contributed by atoms with Crippen molar-refractivity contribution in [2.45, 2.75) is 0 Å². The van der Waals surface area contributed by atoms with E-state index in [-0.39, 0.29) is 5.91 Å². The minimum absolute atomic E-state index is 0.0738. The van der Waals surface area contributed by atoms with E-state index in [0.29, 0.717) is 10.1 Å². The first-order chi connectivity index (χ1) is 7.27. The summed E-state index contributed by atoms with van der Waals surface area (Å²) in [5.74, 6) is 0.308. The summed E-state index contributed by atoms with van der Waals surface area (Å²) in [5, 5.41) is 5.27. The van der Waals surface area contributed by atoms with Crippen molar-refractivity contribution in [3.05, 3.63) is 30.1 Å². The first kappa shape index (κ1) is 10.3. The lowest BCUT2D eigenvalue weighted by molar-refractivity contribution is -0.123. The van der Waals surface area contributed by atoms with Crippen molar-refractivity contribution >= 4 is 40.4 Å². The molecular formula is C9H7N3OS2. The van der Waals surface area contributed by atoms with E-state index >= 15 is 0 Å². The number of hydrazone groups is 1. The molecule has 1 aliphatic heterocycles. The topological polar surface area (TPSA) is 45.6 Å². The van der Waals surface area contributed by atoms with Gasteiger partial charge in [-0.3, -0.25) is 9.78 Å². The number of hydrogen-bond acceptors (Lipinski definition) is 5. The number of carbonyl (C=O) groups is 1. The minimum atomic E-state index is -0.0738. The van der Waals surface area contributed by atoms with E-state index in [1.54, 1.807) is 30.7 Å². The molecule has 1 amide bonds. The summed E-state index contributed by atoms with van der Waals surface area (Å²) in [6.07, 6.45) is 4.93. The standard InChI is InChI=1S/C9H7N3OS2/c13-8-6-15-9(14)12(8)11-5-7-1-3-10-4-2-7/h1-5H,6H2. The number of aromatic nitrogens is 1. The highest BCUT2D eigenvalue weighted by Crippen LogP contribution is 2.19. The summed E-state index contributed by atoms with van der Waals surface area (Å²) in [4.78, 5) is 15.2. The third-order valence-corrected chi connectivity index (χ3v) is 3.09. The van der Waals surface area contributed by atoms with Crippen molar-refractivity contribution in [3.8, 4) is 0 Å². The van der Waals surface area contributed by atoms with Gasteiger partial charge in [0.1, 0.15) is 0 Å². The van der Waals surface area contributed by atoms with E-state index in [2.05, 4.69) is 10.1 Å². The molecule has 76 valence electrons. The van der Waals surface area contributed by atoms with E-state index in [4.69, 9.17) is 12.2 Å². The number of carbonyl (C=O) groups excluding carboxylic acids is 1. The van der Waals surface area contributed by atoms with Gasteiger partial charge >= 0.3 is 0 Å². The van der Waals surface area contributed by atoms with Crippen LogP contribution >= 0.6 is 24.0 Å². The van der Waals surface area contributed by atoms with Gasteiger partial charge in [-0.2, -0.15) is 10.1 Å². The lowest BCUT2D eigenvalue weighted by Gasteiger charge is -2.05. The fraction of sp³-hybridized carbons (Fsp3) is 0.111. The number of rotatable bonds is 2. The lowest BCUT2D eigenvalue weighted by Crippen LogP contribution is -2.22. The maximum Gasteiger partial charge on any atom is 0.259 e. The molecule has 1 saturated heterocycles.